The second kappa shape index (κ2) is 12.4. The molecule has 3 aromatic carbocycles. The summed E-state index contributed by atoms with van der Waals surface area (Å²) in [5.41, 5.74) is 3.91. The Morgan fingerprint density at radius 3 is 2.21 bits per heavy atom. The molecule has 1 unspecified atom stereocenters. The Hall–Kier alpha value is -3.09. The van der Waals surface area contributed by atoms with E-state index in [0.29, 0.717) is 18.9 Å². The second-order valence-corrected chi connectivity index (χ2v) is 11.7. The highest BCUT2D eigenvalue weighted by molar-refractivity contribution is 7.98. The van der Waals surface area contributed by atoms with Gasteiger partial charge in [-0.25, -0.2) is 4.79 Å². The lowest BCUT2D eigenvalue weighted by Gasteiger charge is -2.27. The summed E-state index contributed by atoms with van der Waals surface area (Å²) >= 11 is 1.67. The topological polar surface area (TPSA) is 55.8 Å². The molecule has 0 radical (unpaired) electrons. The minimum absolute atomic E-state index is 0.0472. The fourth-order valence-electron chi connectivity index (χ4n) is 5.39. The third kappa shape index (κ3) is 6.74. The van der Waals surface area contributed by atoms with Gasteiger partial charge in [0.25, 0.3) is 0 Å². The van der Waals surface area contributed by atoms with E-state index in [-0.39, 0.29) is 17.6 Å². The fraction of sp³-hybridized carbons (Fsp3) is 0.394. The summed E-state index contributed by atoms with van der Waals surface area (Å²) < 4.78 is 11.4. The van der Waals surface area contributed by atoms with E-state index in [9.17, 15) is 9.59 Å². The first-order chi connectivity index (χ1) is 18.6. The number of ether oxygens (including phenoxy) is 2. The van der Waals surface area contributed by atoms with Gasteiger partial charge >= 0.3 is 5.97 Å². The highest BCUT2D eigenvalue weighted by Crippen LogP contribution is 2.39. The molecule has 1 aliphatic rings. The number of ketones is 1. The summed E-state index contributed by atoms with van der Waals surface area (Å²) in [6.07, 6.45) is 2.04. The number of carbonyl (C=O) groups is 2. The first-order valence-electron chi connectivity index (χ1n) is 13.5. The molecule has 0 amide bonds. The molecule has 0 aromatic heterocycles. The monoisotopic (exact) mass is 545 g/mol. The quantitative estimate of drug-likeness (QED) is 0.158. The molecule has 5 nitrogen and oxygen atoms in total. The minimum atomic E-state index is -1.10. The summed E-state index contributed by atoms with van der Waals surface area (Å²) in [5.74, 6) is 0.369. The van der Waals surface area contributed by atoms with E-state index >= 15 is 0 Å². The molecule has 0 spiro atoms. The largest absolute Gasteiger partial charge is 0.476 e. The Morgan fingerprint density at radius 1 is 0.974 bits per heavy atom. The smallest absolute Gasteiger partial charge is 0.349 e. The molecule has 0 bridgehead atoms. The molecule has 206 valence electrons. The van der Waals surface area contributed by atoms with Crippen molar-refractivity contribution in [3.05, 3.63) is 94.5 Å². The van der Waals surface area contributed by atoms with Gasteiger partial charge in [0.15, 0.2) is 11.4 Å². The normalized spacial score (nSPS) is 17.7. The average molecular weight is 546 g/mol. The Labute approximate surface area is 236 Å². The van der Waals surface area contributed by atoms with Crippen molar-refractivity contribution in [2.45, 2.75) is 57.6 Å². The fourth-order valence-corrected chi connectivity index (χ4v) is 5.80. The molecule has 1 fully saturated rings. The van der Waals surface area contributed by atoms with Gasteiger partial charge < -0.3 is 9.47 Å². The molecule has 0 aliphatic carbocycles. The summed E-state index contributed by atoms with van der Waals surface area (Å²) in [4.78, 5) is 29.9. The third-order valence-electron chi connectivity index (χ3n) is 7.39. The molecule has 1 heterocycles. The minimum Gasteiger partial charge on any atom is -0.476 e. The van der Waals surface area contributed by atoms with Crippen LogP contribution in [0.1, 0.15) is 59.3 Å². The summed E-state index contributed by atoms with van der Waals surface area (Å²) in [6.45, 7) is 11.9. The van der Waals surface area contributed by atoms with E-state index in [0.717, 1.165) is 40.2 Å². The molecule has 1 aliphatic heterocycles. The van der Waals surface area contributed by atoms with E-state index in [1.807, 2.05) is 50.4 Å². The molecule has 39 heavy (non-hydrogen) atoms. The van der Waals surface area contributed by atoms with Crippen LogP contribution in [0.25, 0.3) is 0 Å². The van der Waals surface area contributed by atoms with E-state index in [1.165, 1.54) is 5.56 Å². The van der Waals surface area contributed by atoms with Gasteiger partial charge in [-0.1, -0.05) is 54.6 Å². The zero-order valence-electron chi connectivity index (χ0n) is 23.8. The highest BCUT2D eigenvalue weighted by atomic mass is 32.2. The van der Waals surface area contributed by atoms with Crippen molar-refractivity contribution in [1.29, 1.82) is 0 Å². The van der Waals surface area contributed by atoms with Gasteiger partial charge in [-0.15, -0.1) is 11.8 Å². The van der Waals surface area contributed by atoms with E-state index < -0.39 is 11.6 Å². The van der Waals surface area contributed by atoms with Gasteiger partial charge in [0.1, 0.15) is 5.75 Å². The lowest BCUT2D eigenvalue weighted by Crippen LogP contribution is -2.40. The number of likely N-dealkylation sites (tertiary alicyclic amines) is 1. The first kappa shape index (κ1) is 28.9. The Kier molecular flexibility index (Phi) is 9.19. The molecular formula is C33H39NO4S. The maximum Gasteiger partial charge on any atom is 0.349 e. The summed E-state index contributed by atoms with van der Waals surface area (Å²) in [5, 5.41) is 0. The standard InChI is InChI=1S/C33H39NO4S/c1-7-37-32(36)33(4,5)38-31-22(2)17-26(18-23(31)3)28-20-34(19-24-11-9-8-10-12-24)21-29(28)30(35)25-13-15-27(39-6)16-14-25/h8-18,28-29H,7,19-21H2,1-6H3/t28?,29-/m0/s1. The van der Waals surface area contributed by atoms with Crippen molar-refractivity contribution in [3.63, 3.8) is 0 Å². The van der Waals surface area contributed by atoms with Crippen LogP contribution in [0.4, 0.5) is 0 Å². The van der Waals surface area contributed by atoms with E-state index in [4.69, 9.17) is 9.47 Å². The van der Waals surface area contributed by atoms with Gasteiger partial charge in [0.2, 0.25) is 0 Å². The molecule has 0 N–H and O–H groups in total. The van der Waals surface area contributed by atoms with Crippen LogP contribution in [-0.4, -0.2) is 48.2 Å². The second-order valence-electron chi connectivity index (χ2n) is 10.8. The number of Topliss-reactive ketones (excluding diaryl/α,β-unsaturated/α-hetero) is 1. The lowest BCUT2D eigenvalue weighted by atomic mass is 9.82. The third-order valence-corrected chi connectivity index (χ3v) is 8.13. The molecule has 2 atom stereocenters. The number of hydrogen-bond acceptors (Lipinski definition) is 6. The van der Waals surface area contributed by atoms with E-state index in [1.54, 1.807) is 32.5 Å². The van der Waals surface area contributed by atoms with Crippen LogP contribution in [0, 0.1) is 19.8 Å². The van der Waals surface area contributed by atoms with Crippen molar-refractivity contribution in [2.24, 2.45) is 5.92 Å². The van der Waals surface area contributed by atoms with Crippen LogP contribution in [0.2, 0.25) is 0 Å². The Morgan fingerprint density at radius 2 is 1.62 bits per heavy atom. The maximum absolute atomic E-state index is 13.9. The van der Waals surface area contributed by atoms with Gasteiger partial charge in [0.05, 0.1) is 6.61 Å². The van der Waals surface area contributed by atoms with Crippen molar-refractivity contribution in [2.75, 3.05) is 26.0 Å². The predicted molar refractivity (Wildman–Crippen MR) is 158 cm³/mol. The lowest BCUT2D eigenvalue weighted by molar-refractivity contribution is -0.158. The zero-order chi connectivity index (χ0) is 28.2. The first-order valence-corrected chi connectivity index (χ1v) is 14.8. The van der Waals surface area contributed by atoms with E-state index in [2.05, 4.69) is 41.3 Å². The van der Waals surface area contributed by atoms with Crippen molar-refractivity contribution in [1.82, 2.24) is 4.90 Å². The van der Waals surface area contributed by atoms with Crippen molar-refractivity contribution >= 4 is 23.5 Å². The SMILES string of the molecule is CCOC(=O)C(C)(C)Oc1c(C)cc(C2CN(Cc3ccccc3)C[C@@H]2C(=O)c2ccc(SC)cc2)cc1C. The molecule has 0 saturated carbocycles. The number of carbonyl (C=O) groups excluding carboxylic acids is 2. The van der Waals surface area contributed by atoms with Crippen LogP contribution in [0.3, 0.4) is 0 Å². The zero-order valence-corrected chi connectivity index (χ0v) is 24.6. The molecule has 1 saturated heterocycles. The van der Waals surface area contributed by atoms with Crippen LogP contribution in [-0.2, 0) is 16.1 Å². The summed E-state index contributed by atoms with van der Waals surface area (Å²) in [6, 6.07) is 22.6. The molecule has 4 rings (SSSR count). The Bertz CT molecular complexity index is 1280. The van der Waals surface area contributed by atoms with Gasteiger partial charge in [-0.05, 0) is 75.3 Å². The van der Waals surface area contributed by atoms with Crippen LogP contribution in [0.15, 0.2) is 71.6 Å². The van der Waals surface area contributed by atoms with Gasteiger partial charge in [-0.2, -0.15) is 0 Å². The van der Waals surface area contributed by atoms with Gasteiger partial charge in [0, 0.05) is 41.9 Å². The predicted octanol–water partition coefficient (Wildman–Crippen LogP) is 6.84. The number of rotatable bonds is 10. The number of hydrogen-bond donors (Lipinski definition) is 0. The number of nitrogens with zero attached hydrogens (tertiary/aromatic N) is 1. The van der Waals surface area contributed by atoms with Crippen LogP contribution >= 0.6 is 11.8 Å². The molecular weight excluding hydrogens is 506 g/mol. The average Bonchev–Trinajstić information content (AvgIpc) is 3.34. The van der Waals surface area contributed by atoms with Gasteiger partial charge in [-0.3, -0.25) is 9.69 Å². The highest BCUT2D eigenvalue weighted by Gasteiger charge is 2.39. The Balaban J connectivity index is 1.64. The van der Waals surface area contributed by atoms with Crippen LogP contribution in [0.5, 0.6) is 5.75 Å². The molecule has 6 heteroatoms. The number of aryl methyl sites for hydroxylation is 2. The number of thioether (sulfide) groups is 1. The summed E-state index contributed by atoms with van der Waals surface area (Å²) in [7, 11) is 0. The maximum atomic E-state index is 13.9. The number of esters is 1. The van der Waals surface area contributed by atoms with Crippen molar-refractivity contribution in [3.8, 4) is 5.75 Å². The van der Waals surface area contributed by atoms with Crippen LogP contribution < -0.4 is 4.74 Å². The van der Waals surface area contributed by atoms with Crippen molar-refractivity contribution < 1.29 is 19.1 Å². The molecule has 3 aromatic rings. The number of benzene rings is 3.